The molecule has 0 unspecified atom stereocenters. The molecule has 29 heavy (non-hydrogen) atoms. The minimum absolute atomic E-state index is 0.151. The van der Waals surface area contributed by atoms with E-state index in [9.17, 15) is 9.18 Å². The number of rotatable bonds is 11. The van der Waals surface area contributed by atoms with Gasteiger partial charge in [0, 0.05) is 19.2 Å². The fourth-order valence-corrected chi connectivity index (χ4v) is 2.83. The second kappa shape index (κ2) is 11.9. The Hall–Kier alpha value is -2.86. The second-order valence-electron chi connectivity index (χ2n) is 6.77. The summed E-state index contributed by atoms with van der Waals surface area (Å²) in [6.07, 6.45) is 4.90. The lowest BCUT2D eigenvalue weighted by Gasteiger charge is -2.17. The van der Waals surface area contributed by atoms with Gasteiger partial charge in [-0.05, 0) is 67.9 Å². The Morgan fingerprint density at radius 1 is 1.07 bits per heavy atom. The predicted octanol–water partition coefficient (Wildman–Crippen LogP) is 3.54. The van der Waals surface area contributed by atoms with E-state index in [0.717, 1.165) is 43.0 Å². The third-order valence-electron chi connectivity index (χ3n) is 4.54. The molecule has 0 fully saturated rings. The summed E-state index contributed by atoms with van der Waals surface area (Å²) in [5, 5.41) is 2.86. The van der Waals surface area contributed by atoms with Crippen molar-refractivity contribution < 1.29 is 18.7 Å². The summed E-state index contributed by atoms with van der Waals surface area (Å²) >= 11 is 0. The molecule has 0 radical (unpaired) electrons. The molecule has 2 rings (SSSR count). The van der Waals surface area contributed by atoms with Crippen molar-refractivity contribution in [1.82, 2.24) is 10.2 Å². The zero-order valence-corrected chi connectivity index (χ0v) is 17.3. The molecule has 2 aromatic rings. The molecule has 5 nitrogen and oxygen atoms in total. The molecule has 156 valence electrons. The number of nitrogens with zero attached hydrogens (tertiary/aromatic N) is 1. The van der Waals surface area contributed by atoms with Crippen LogP contribution in [-0.4, -0.2) is 51.7 Å². The SMILES string of the molecule is COc1ccc(CCN(C)CCCNC(=O)/C=C/c2ccc(F)cc2)cc1OC. The van der Waals surface area contributed by atoms with Gasteiger partial charge in [0.05, 0.1) is 14.2 Å². The highest BCUT2D eigenvalue weighted by Gasteiger charge is 2.06. The molecule has 0 aromatic heterocycles. The average Bonchev–Trinajstić information content (AvgIpc) is 2.74. The molecule has 0 saturated heterocycles. The van der Waals surface area contributed by atoms with Crippen molar-refractivity contribution in [1.29, 1.82) is 0 Å². The van der Waals surface area contributed by atoms with Crippen LogP contribution in [0.15, 0.2) is 48.5 Å². The predicted molar refractivity (Wildman–Crippen MR) is 114 cm³/mol. The minimum Gasteiger partial charge on any atom is -0.493 e. The topological polar surface area (TPSA) is 50.8 Å². The van der Waals surface area contributed by atoms with E-state index in [4.69, 9.17) is 9.47 Å². The van der Waals surface area contributed by atoms with Crippen molar-refractivity contribution in [2.75, 3.05) is 40.9 Å². The van der Waals surface area contributed by atoms with Gasteiger partial charge in [-0.1, -0.05) is 18.2 Å². The van der Waals surface area contributed by atoms with Crippen LogP contribution in [0.4, 0.5) is 4.39 Å². The number of ether oxygens (including phenoxy) is 2. The Morgan fingerprint density at radius 3 is 2.48 bits per heavy atom. The van der Waals surface area contributed by atoms with Gasteiger partial charge >= 0.3 is 0 Å². The van der Waals surface area contributed by atoms with Crippen molar-refractivity contribution in [3.8, 4) is 11.5 Å². The third kappa shape index (κ3) is 7.95. The Labute approximate surface area is 172 Å². The fraction of sp³-hybridized carbons (Fsp3) is 0.348. The number of hydrogen-bond acceptors (Lipinski definition) is 4. The molecule has 0 heterocycles. The molecule has 0 aliphatic heterocycles. The van der Waals surface area contributed by atoms with Crippen LogP contribution in [0.25, 0.3) is 6.08 Å². The van der Waals surface area contributed by atoms with Crippen LogP contribution in [0.5, 0.6) is 11.5 Å². The normalized spacial score (nSPS) is 11.1. The molecular weight excluding hydrogens is 371 g/mol. The van der Waals surface area contributed by atoms with E-state index in [1.807, 2.05) is 18.2 Å². The van der Waals surface area contributed by atoms with Crippen LogP contribution in [-0.2, 0) is 11.2 Å². The average molecular weight is 400 g/mol. The first-order valence-corrected chi connectivity index (χ1v) is 9.62. The lowest BCUT2D eigenvalue weighted by Crippen LogP contribution is -2.28. The van der Waals surface area contributed by atoms with E-state index in [0.29, 0.717) is 6.54 Å². The van der Waals surface area contributed by atoms with E-state index in [1.165, 1.54) is 23.8 Å². The highest BCUT2D eigenvalue weighted by atomic mass is 19.1. The van der Waals surface area contributed by atoms with Gasteiger partial charge in [0.1, 0.15) is 5.82 Å². The number of benzene rings is 2. The molecule has 0 bridgehead atoms. The van der Waals surface area contributed by atoms with Gasteiger partial charge in [-0.15, -0.1) is 0 Å². The lowest BCUT2D eigenvalue weighted by molar-refractivity contribution is -0.116. The summed E-state index contributed by atoms with van der Waals surface area (Å²) in [5.74, 6) is 1.03. The standard InChI is InChI=1S/C23H29FN2O3/c1-26(16-13-19-7-11-21(28-2)22(17-19)29-3)15-4-14-25-23(27)12-8-18-5-9-20(24)10-6-18/h5-12,17H,4,13-16H2,1-3H3,(H,25,27)/b12-8+. The van der Waals surface area contributed by atoms with E-state index >= 15 is 0 Å². The molecule has 0 aliphatic carbocycles. The number of methoxy groups -OCH3 is 2. The number of halogens is 1. The molecule has 0 saturated carbocycles. The summed E-state index contributed by atoms with van der Waals surface area (Å²) in [7, 11) is 5.33. The zero-order valence-electron chi connectivity index (χ0n) is 17.3. The van der Waals surface area contributed by atoms with Crippen LogP contribution in [0.2, 0.25) is 0 Å². The Balaban J connectivity index is 1.64. The maximum absolute atomic E-state index is 12.9. The van der Waals surface area contributed by atoms with Crippen LogP contribution >= 0.6 is 0 Å². The number of carbonyl (C=O) groups is 1. The first-order chi connectivity index (χ1) is 14.0. The summed E-state index contributed by atoms with van der Waals surface area (Å²) in [5.41, 5.74) is 1.98. The molecule has 0 aliphatic rings. The third-order valence-corrected chi connectivity index (χ3v) is 4.54. The maximum atomic E-state index is 12.9. The smallest absolute Gasteiger partial charge is 0.243 e. The van der Waals surface area contributed by atoms with Crippen LogP contribution in [0.3, 0.4) is 0 Å². The minimum atomic E-state index is -0.290. The first-order valence-electron chi connectivity index (χ1n) is 9.62. The number of nitrogens with one attached hydrogen (secondary N) is 1. The first kappa shape index (κ1) is 22.4. The highest BCUT2D eigenvalue weighted by Crippen LogP contribution is 2.27. The Kier molecular flexibility index (Phi) is 9.18. The largest absolute Gasteiger partial charge is 0.493 e. The summed E-state index contributed by atoms with van der Waals surface area (Å²) in [6, 6.07) is 12.0. The van der Waals surface area contributed by atoms with E-state index < -0.39 is 0 Å². The Morgan fingerprint density at radius 2 is 1.79 bits per heavy atom. The van der Waals surface area contributed by atoms with Gasteiger partial charge in [-0.2, -0.15) is 0 Å². The summed E-state index contributed by atoms with van der Waals surface area (Å²) < 4.78 is 23.5. The van der Waals surface area contributed by atoms with Crippen LogP contribution in [0, 0.1) is 5.82 Å². The van der Waals surface area contributed by atoms with Crippen molar-refractivity contribution in [3.63, 3.8) is 0 Å². The molecule has 1 amide bonds. The summed E-state index contributed by atoms with van der Waals surface area (Å²) in [6.45, 7) is 2.40. The van der Waals surface area contributed by atoms with Crippen molar-refractivity contribution in [2.24, 2.45) is 0 Å². The highest BCUT2D eigenvalue weighted by molar-refractivity contribution is 5.91. The molecule has 1 N–H and O–H groups in total. The number of hydrogen-bond donors (Lipinski definition) is 1. The molecular formula is C23H29FN2O3. The fourth-order valence-electron chi connectivity index (χ4n) is 2.83. The van der Waals surface area contributed by atoms with Crippen molar-refractivity contribution >= 4 is 12.0 Å². The number of amides is 1. The van der Waals surface area contributed by atoms with E-state index in [2.05, 4.69) is 17.3 Å². The molecule has 6 heteroatoms. The van der Waals surface area contributed by atoms with Gasteiger partial charge in [0.15, 0.2) is 11.5 Å². The van der Waals surface area contributed by atoms with E-state index in [1.54, 1.807) is 32.4 Å². The monoisotopic (exact) mass is 400 g/mol. The van der Waals surface area contributed by atoms with Crippen LogP contribution in [0.1, 0.15) is 17.5 Å². The van der Waals surface area contributed by atoms with Gasteiger partial charge in [-0.3, -0.25) is 4.79 Å². The summed E-state index contributed by atoms with van der Waals surface area (Å²) in [4.78, 5) is 14.1. The number of carbonyl (C=O) groups excluding carboxylic acids is 1. The van der Waals surface area contributed by atoms with Gasteiger partial charge in [-0.25, -0.2) is 4.39 Å². The van der Waals surface area contributed by atoms with Gasteiger partial charge < -0.3 is 19.7 Å². The van der Waals surface area contributed by atoms with Crippen molar-refractivity contribution in [3.05, 3.63) is 65.5 Å². The molecule has 0 atom stereocenters. The van der Waals surface area contributed by atoms with E-state index in [-0.39, 0.29) is 11.7 Å². The van der Waals surface area contributed by atoms with Gasteiger partial charge in [0.2, 0.25) is 5.91 Å². The van der Waals surface area contributed by atoms with Crippen LogP contribution < -0.4 is 14.8 Å². The molecule has 2 aromatic carbocycles. The maximum Gasteiger partial charge on any atom is 0.243 e. The lowest BCUT2D eigenvalue weighted by atomic mass is 10.1. The number of likely N-dealkylation sites (N-methyl/N-ethyl adjacent to an activating group) is 1. The Bertz CT molecular complexity index is 806. The van der Waals surface area contributed by atoms with Crippen molar-refractivity contribution in [2.45, 2.75) is 12.8 Å². The zero-order chi connectivity index (χ0) is 21.1. The second-order valence-corrected chi connectivity index (χ2v) is 6.77. The molecule has 0 spiro atoms. The quantitative estimate of drug-likeness (QED) is 0.463. The van der Waals surface area contributed by atoms with Gasteiger partial charge in [0.25, 0.3) is 0 Å².